The molecule has 1 saturated carbocycles. The number of carbonyl (C=O) groups is 3. The molecule has 4 nitrogen and oxygen atoms in total. The Kier molecular flexibility index (Phi) is 4.27. The summed E-state index contributed by atoms with van der Waals surface area (Å²) < 4.78 is 5.41. The second-order valence-corrected chi connectivity index (χ2v) is 8.14. The summed E-state index contributed by atoms with van der Waals surface area (Å²) >= 11 is 0. The highest BCUT2D eigenvalue weighted by Gasteiger charge is 2.61. The number of rotatable bonds is 4. The third-order valence-corrected chi connectivity index (χ3v) is 5.77. The van der Waals surface area contributed by atoms with E-state index in [1.54, 1.807) is 0 Å². The highest BCUT2D eigenvalue weighted by atomic mass is 16.5. The van der Waals surface area contributed by atoms with Crippen molar-refractivity contribution < 1.29 is 19.1 Å². The lowest BCUT2D eigenvalue weighted by Crippen LogP contribution is -2.26. The van der Waals surface area contributed by atoms with E-state index in [1.807, 2.05) is 13.8 Å². The van der Waals surface area contributed by atoms with E-state index in [0.29, 0.717) is 24.0 Å². The molecule has 4 heteroatoms. The standard InChI is InChI=1S/C20H26O4/c1-11(2)9-15-16(20(15,3)4)19(23)24-10-14-17(21)12-7-5-6-8-13(12)18(14)22/h9,14-16H,5-8,10H2,1-4H3. The third-order valence-electron chi connectivity index (χ3n) is 5.77. The van der Waals surface area contributed by atoms with Crippen molar-refractivity contribution in [1.82, 2.24) is 0 Å². The quantitative estimate of drug-likeness (QED) is 0.450. The van der Waals surface area contributed by atoms with Crippen LogP contribution in [0, 0.1) is 23.2 Å². The van der Waals surface area contributed by atoms with Gasteiger partial charge >= 0.3 is 5.97 Å². The van der Waals surface area contributed by atoms with Crippen molar-refractivity contribution in [3.8, 4) is 0 Å². The van der Waals surface area contributed by atoms with Crippen molar-refractivity contribution >= 4 is 17.5 Å². The minimum Gasteiger partial charge on any atom is -0.464 e. The first-order chi connectivity index (χ1) is 11.2. The molecule has 0 aromatic heterocycles. The maximum Gasteiger partial charge on any atom is 0.310 e. The molecule has 0 heterocycles. The van der Waals surface area contributed by atoms with Gasteiger partial charge in [0.15, 0.2) is 11.6 Å². The Morgan fingerprint density at radius 1 is 1.12 bits per heavy atom. The smallest absolute Gasteiger partial charge is 0.310 e. The van der Waals surface area contributed by atoms with Gasteiger partial charge in [0, 0.05) is 11.1 Å². The van der Waals surface area contributed by atoms with Crippen LogP contribution < -0.4 is 0 Å². The molecule has 2 unspecified atom stereocenters. The van der Waals surface area contributed by atoms with Crippen molar-refractivity contribution in [2.45, 2.75) is 53.4 Å². The van der Waals surface area contributed by atoms with Crippen LogP contribution in [0.3, 0.4) is 0 Å². The number of hydrogen-bond donors (Lipinski definition) is 0. The minimum atomic E-state index is -0.791. The Labute approximate surface area is 143 Å². The number of Topliss-reactive ketones (excluding diaryl/α,β-unsaturated/α-hetero) is 2. The summed E-state index contributed by atoms with van der Waals surface area (Å²) in [6.07, 6.45) is 5.43. The van der Waals surface area contributed by atoms with Crippen LogP contribution >= 0.6 is 0 Å². The predicted molar refractivity (Wildman–Crippen MR) is 90.1 cm³/mol. The molecule has 0 N–H and O–H groups in total. The molecular weight excluding hydrogens is 304 g/mol. The number of hydrogen-bond acceptors (Lipinski definition) is 4. The third kappa shape index (κ3) is 2.76. The van der Waals surface area contributed by atoms with Crippen LogP contribution in [0.2, 0.25) is 0 Å². The van der Waals surface area contributed by atoms with Crippen molar-refractivity contribution in [2.24, 2.45) is 23.2 Å². The van der Waals surface area contributed by atoms with Crippen LogP contribution in [0.25, 0.3) is 0 Å². The van der Waals surface area contributed by atoms with Gasteiger partial charge in [-0.2, -0.15) is 0 Å². The molecule has 3 aliphatic carbocycles. The van der Waals surface area contributed by atoms with E-state index >= 15 is 0 Å². The Morgan fingerprint density at radius 2 is 1.67 bits per heavy atom. The Hall–Kier alpha value is -1.71. The SMILES string of the molecule is CC(C)=CC1C(C(=O)OCC2C(=O)C3=C(CCCC3)C2=O)C1(C)C. The molecule has 0 aromatic rings. The van der Waals surface area contributed by atoms with E-state index in [1.165, 1.54) is 5.57 Å². The molecule has 24 heavy (non-hydrogen) atoms. The molecule has 130 valence electrons. The lowest BCUT2D eigenvalue weighted by atomic mass is 9.93. The number of ketones is 2. The highest BCUT2D eigenvalue weighted by Crippen LogP contribution is 2.59. The number of allylic oxidation sites excluding steroid dienone is 4. The fourth-order valence-electron chi connectivity index (χ4n) is 4.19. The molecule has 2 atom stereocenters. The predicted octanol–water partition coefficient (Wildman–Crippen LogP) is 3.41. The first-order valence-electron chi connectivity index (χ1n) is 8.87. The second-order valence-electron chi connectivity index (χ2n) is 8.14. The summed E-state index contributed by atoms with van der Waals surface area (Å²) in [5, 5.41) is 0. The van der Waals surface area contributed by atoms with Gasteiger partial charge in [0.2, 0.25) is 0 Å². The van der Waals surface area contributed by atoms with Gasteiger partial charge in [0.25, 0.3) is 0 Å². The second kappa shape index (κ2) is 5.98. The average Bonchev–Trinajstić information content (AvgIpc) is 2.96. The fourth-order valence-corrected chi connectivity index (χ4v) is 4.19. The van der Waals surface area contributed by atoms with Gasteiger partial charge in [-0.3, -0.25) is 14.4 Å². The van der Waals surface area contributed by atoms with E-state index in [0.717, 1.165) is 12.8 Å². The molecule has 3 aliphatic rings. The van der Waals surface area contributed by atoms with Gasteiger partial charge < -0.3 is 4.74 Å². The molecule has 0 spiro atoms. The van der Waals surface area contributed by atoms with Gasteiger partial charge in [-0.25, -0.2) is 0 Å². The molecule has 0 bridgehead atoms. The fraction of sp³-hybridized carbons (Fsp3) is 0.650. The summed E-state index contributed by atoms with van der Waals surface area (Å²) in [5.41, 5.74) is 2.46. The number of carbonyl (C=O) groups excluding carboxylic acids is 3. The highest BCUT2D eigenvalue weighted by molar-refractivity contribution is 6.24. The van der Waals surface area contributed by atoms with Crippen molar-refractivity contribution in [1.29, 1.82) is 0 Å². The van der Waals surface area contributed by atoms with Crippen LogP contribution in [0.4, 0.5) is 0 Å². The molecule has 0 radical (unpaired) electrons. The summed E-state index contributed by atoms with van der Waals surface area (Å²) in [6, 6.07) is 0. The first kappa shape index (κ1) is 17.1. The van der Waals surface area contributed by atoms with Crippen LogP contribution in [0.15, 0.2) is 22.8 Å². The largest absolute Gasteiger partial charge is 0.464 e. The van der Waals surface area contributed by atoms with Crippen molar-refractivity contribution in [3.05, 3.63) is 22.8 Å². The molecule has 0 saturated heterocycles. The summed E-state index contributed by atoms with van der Waals surface area (Å²) in [7, 11) is 0. The Bertz CT molecular complexity index is 633. The normalized spacial score (nSPS) is 28.7. The monoisotopic (exact) mass is 330 g/mol. The molecule has 0 aromatic carbocycles. The lowest BCUT2D eigenvalue weighted by Gasteiger charge is -2.10. The summed E-state index contributed by atoms with van der Waals surface area (Å²) in [4.78, 5) is 37.2. The summed E-state index contributed by atoms with van der Waals surface area (Å²) in [6.45, 7) is 8.04. The van der Waals surface area contributed by atoms with E-state index in [2.05, 4.69) is 19.9 Å². The average molecular weight is 330 g/mol. The summed E-state index contributed by atoms with van der Waals surface area (Å²) in [5.74, 6) is -1.30. The Balaban J connectivity index is 1.61. The lowest BCUT2D eigenvalue weighted by molar-refractivity contribution is -0.149. The van der Waals surface area contributed by atoms with Crippen LogP contribution in [0.5, 0.6) is 0 Å². The maximum atomic E-state index is 12.4. The van der Waals surface area contributed by atoms with Crippen LogP contribution in [0.1, 0.15) is 53.4 Å². The molecule has 1 fully saturated rings. The van der Waals surface area contributed by atoms with Gasteiger partial charge in [-0.1, -0.05) is 25.5 Å². The van der Waals surface area contributed by atoms with Gasteiger partial charge in [0.05, 0.1) is 5.92 Å². The van der Waals surface area contributed by atoms with Crippen molar-refractivity contribution in [2.75, 3.05) is 6.61 Å². The zero-order chi connectivity index (χ0) is 17.6. The molecular formula is C20H26O4. The minimum absolute atomic E-state index is 0.0996. The van der Waals surface area contributed by atoms with E-state index < -0.39 is 5.92 Å². The van der Waals surface area contributed by atoms with Crippen LogP contribution in [-0.2, 0) is 19.1 Å². The molecule has 0 amide bonds. The zero-order valence-corrected chi connectivity index (χ0v) is 15.0. The molecule has 0 aliphatic heterocycles. The van der Waals surface area contributed by atoms with Crippen LogP contribution in [-0.4, -0.2) is 24.1 Å². The first-order valence-corrected chi connectivity index (χ1v) is 8.87. The topological polar surface area (TPSA) is 60.4 Å². The zero-order valence-electron chi connectivity index (χ0n) is 15.0. The van der Waals surface area contributed by atoms with E-state index in [9.17, 15) is 14.4 Å². The van der Waals surface area contributed by atoms with E-state index in [4.69, 9.17) is 4.74 Å². The van der Waals surface area contributed by atoms with Gasteiger partial charge in [-0.15, -0.1) is 0 Å². The van der Waals surface area contributed by atoms with Gasteiger partial charge in [-0.05, 0) is 50.9 Å². The molecule has 3 rings (SSSR count). The number of esters is 1. The van der Waals surface area contributed by atoms with Gasteiger partial charge in [0.1, 0.15) is 12.5 Å². The number of ether oxygens (including phenoxy) is 1. The van der Waals surface area contributed by atoms with Crippen molar-refractivity contribution in [3.63, 3.8) is 0 Å². The van der Waals surface area contributed by atoms with E-state index in [-0.39, 0.29) is 41.4 Å². The maximum absolute atomic E-state index is 12.4. The Morgan fingerprint density at radius 3 is 2.17 bits per heavy atom.